The van der Waals surface area contributed by atoms with Crippen molar-refractivity contribution in [1.29, 1.82) is 0 Å². The number of aromatic nitrogens is 2. The summed E-state index contributed by atoms with van der Waals surface area (Å²) < 4.78 is 70.4. The molecule has 6 nitrogen and oxygen atoms in total. The molecule has 2 aromatic carbocycles. The molecular formula is C24H26F3N3O3S. The number of hydrogen-bond donors (Lipinski definition) is 1. The molecule has 1 aliphatic heterocycles. The molecule has 182 valence electrons. The van der Waals surface area contributed by atoms with Crippen molar-refractivity contribution in [1.82, 2.24) is 9.97 Å². The Morgan fingerprint density at radius 1 is 1.12 bits per heavy atom. The lowest BCUT2D eigenvalue weighted by molar-refractivity contribution is 0.146. The molecule has 0 aliphatic carbocycles. The minimum absolute atomic E-state index is 0.00498. The summed E-state index contributed by atoms with van der Waals surface area (Å²) >= 11 is 0. The Hall–Kier alpha value is -2.88. The van der Waals surface area contributed by atoms with Crippen molar-refractivity contribution in [2.45, 2.75) is 45.1 Å². The fraction of sp³-hybridized carbons (Fsp3) is 0.417. The first kappa shape index (κ1) is 24.3. The zero-order valence-corrected chi connectivity index (χ0v) is 19.9. The molecular weight excluding hydrogens is 467 g/mol. The topological polar surface area (TPSA) is 81.2 Å². The minimum Gasteiger partial charge on any atom is -0.496 e. The van der Waals surface area contributed by atoms with Gasteiger partial charge in [-0.25, -0.2) is 31.6 Å². The SMILES string of the molecule is COc1cc2nc(C)nc(N[C@H](C)c3cccc(C(F)F)c3F)c2cc1C1CCS(=O)(=O)CC1. The summed E-state index contributed by atoms with van der Waals surface area (Å²) in [5, 5.41) is 3.82. The van der Waals surface area contributed by atoms with Gasteiger partial charge < -0.3 is 10.1 Å². The van der Waals surface area contributed by atoms with Gasteiger partial charge in [0, 0.05) is 17.0 Å². The van der Waals surface area contributed by atoms with Crippen LogP contribution in [0.2, 0.25) is 0 Å². The van der Waals surface area contributed by atoms with Crippen LogP contribution in [0.4, 0.5) is 19.0 Å². The number of methoxy groups -OCH3 is 1. The van der Waals surface area contributed by atoms with Crippen molar-refractivity contribution in [2.24, 2.45) is 0 Å². The van der Waals surface area contributed by atoms with E-state index in [9.17, 15) is 21.6 Å². The summed E-state index contributed by atoms with van der Waals surface area (Å²) in [4.78, 5) is 8.98. The fourth-order valence-corrected chi connectivity index (χ4v) is 5.94. The minimum atomic E-state index is -3.03. The second-order valence-electron chi connectivity index (χ2n) is 8.57. The molecule has 0 spiro atoms. The van der Waals surface area contributed by atoms with Crippen LogP contribution in [0, 0.1) is 12.7 Å². The van der Waals surface area contributed by atoms with Gasteiger partial charge in [0.2, 0.25) is 0 Å². The molecule has 1 aromatic heterocycles. The molecule has 1 fully saturated rings. The maximum atomic E-state index is 14.7. The van der Waals surface area contributed by atoms with E-state index in [1.54, 1.807) is 27.0 Å². The standard InChI is InChI=1S/C24H26F3N3O3S/c1-13(16-5-4-6-17(22(16)25)23(26)27)28-24-19-11-18(15-7-9-34(31,32)10-8-15)21(33-3)12-20(19)29-14(2)30-24/h4-6,11-13,15,23H,7-10H2,1-3H3,(H,28,29,30)/t13-/m1/s1. The number of nitrogens with zero attached hydrogens (tertiary/aromatic N) is 2. The van der Waals surface area contributed by atoms with E-state index in [0.29, 0.717) is 41.1 Å². The van der Waals surface area contributed by atoms with Crippen LogP contribution in [-0.2, 0) is 9.84 Å². The molecule has 1 N–H and O–H groups in total. The number of anilines is 1. The number of sulfone groups is 1. The van der Waals surface area contributed by atoms with Gasteiger partial charge >= 0.3 is 0 Å². The van der Waals surface area contributed by atoms with Gasteiger partial charge in [-0.05, 0) is 44.2 Å². The second kappa shape index (κ2) is 9.40. The molecule has 1 saturated heterocycles. The van der Waals surface area contributed by atoms with Gasteiger partial charge in [-0.15, -0.1) is 0 Å². The van der Waals surface area contributed by atoms with E-state index in [-0.39, 0.29) is 23.0 Å². The highest BCUT2D eigenvalue weighted by molar-refractivity contribution is 7.91. The molecule has 34 heavy (non-hydrogen) atoms. The van der Waals surface area contributed by atoms with Crippen molar-refractivity contribution in [2.75, 3.05) is 23.9 Å². The highest BCUT2D eigenvalue weighted by Crippen LogP contribution is 2.39. The number of ether oxygens (including phenoxy) is 1. The first-order valence-corrected chi connectivity index (χ1v) is 12.8. The number of benzene rings is 2. The maximum absolute atomic E-state index is 14.7. The molecule has 1 atom stereocenters. The predicted molar refractivity (Wildman–Crippen MR) is 125 cm³/mol. The summed E-state index contributed by atoms with van der Waals surface area (Å²) in [5.41, 5.74) is 0.926. The Morgan fingerprint density at radius 3 is 2.44 bits per heavy atom. The number of rotatable bonds is 6. The molecule has 0 amide bonds. The van der Waals surface area contributed by atoms with Gasteiger partial charge in [0.05, 0.1) is 35.7 Å². The fourth-order valence-electron chi connectivity index (χ4n) is 4.45. The molecule has 0 radical (unpaired) electrons. The quantitative estimate of drug-likeness (QED) is 0.489. The van der Waals surface area contributed by atoms with Crippen LogP contribution in [0.3, 0.4) is 0 Å². The third kappa shape index (κ3) is 4.82. The van der Waals surface area contributed by atoms with Crippen LogP contribution in [0.15, 0.2) is 30.3 Å². The van der Waals surface area contributed by atoms with Gasteiger partial charge in [0.1, 0.15) is 33.0 Å². The summed E-state index contributed by atoms with van der Waals surface area (Å²) in [7, 11) is -1.47. The number of nitrogens with one attached hydrogen (secondary N) is 1. The van der Waals surface area contributed by atoms with Crippen LogP contribution < -0.4 is 10.1 Å². The Bertz CT molecular complexity index is 1320. The van der Waals surface area contributed by atoms with Crippen LogP contribution in [0.25, 0.3) is 10.9 Å². The number of fused-ring (bicyclic) bond motifs is 1. The third-order valence-corrected chi connectivity index (χ3v) is 7.98. The molecule has 0 saturated carbocycles. The average molecular weight is 494 g/mol. The number of halogens is 3. The summed E-state index contributed by atoms with van der Waals surface area (Å²) in [6.07, 6.45) is -1.94. The van der Waals surface area contributed by atoms with E-state index >= 15 is 0 Å². The van der Waals surface area contributed by atoms with Crippen molar-refractivity contribution in [3.8, 4) is 5.75 Å². The van der Waals surface area contributed by atoms with Crippen molar-refractivity contribution in [3.05, 3.63) is 58.7 Å². The second-order valence-corrected chi connectivity index (χ2v) is 10.9. The van der Waals surface area contributed by atoms with Gasteiger partial charge in [-0.1, -0.05) is 18.2 Å². The van der Waals surface area contributed by atoms with Crippen molar-refractivity contribution < 1.29 is 26.3 Å². The Kier molecular flexibility index (Phi) is 6.71. The molecule has 4 rings (SSSR count). The number of aryl methyl sites for hydroxylation is 1. The van der Waals surface area contributed by atoms with E-state index in [1.165, 1.54) is 12.1 Å². The van der Waals surface area contributed by atoms with Gasteiger partial charge in [0.25, 0.3) is 6.43 Å². The van der Waals surface area contributed by atoms with E-state index < -0.39 is 33.7 Å². The lowest BCUT2D eigenvalue weighted by atomic mass is 9.91. The average Bonchev–Trinajstić information content (AvgIpc) is 2.78. The molecule has 10 heteroatoms. The highest BCUT2D eigenvalue weighted by atomic mass is 32.2. The monoisotopic (exact) mass is 493 g/mol. The molecule has 1 aliphatic rings. The first-order chi connectivity index (χ1) is 16.1. The lowest BCUT2D eigenvalue weighted by Crippen LogP contribution is -2.22. The van der Waals surface area contributed by atoms with E-state index in [2.05, 4.69) is 15.3 Å². The van der Waals surface area contributed by atoms with Gasteiger partial charge in [-0.2, -0.15) is 0 Å². The normalized spacial score (nSPS) is 17.1. The Morgan fingerprint density at radius 2 is 1.79 bits per heavy atom. The molecule has 3 aromatic rings. The van der Waals surface area contributed by atoms with E-state index in [0.717, 1.165) is 11.6 Å². The van der Waals surface area contributed by atoms with Crippen molar-refractivity contribution in [3.63, 3.8) is 0 Å². The van der Waals surface area contributed by atoms with Gasteiger partial charge in [-0.3, -0.25) is 0 Å². The van der Waals surface area contributed by atoms with Gasteiger partial charge in [0.15, 0.2) is 0 Å². The lowest BCUT2D eigenvalue weighted by Gasteiger charge is -2.25. The van der Waals surface area contributed by atoms with Crippen LogP contribution in [0.5, 0.6) is 5.75 Å². The summed E-state index contributed by atoms with van der Waals surface area (Å²) in [6.45, 7) is 3.40. The maximum Gasteiger partial charge on any atom is 0.266 e. The highest BCUT2D eigenvalue weighted by Gasteiger charge is 2.28. The molecule has 0 unspecified atom stereocenters. The van der Waals surface area contributed by atoms with Crippen LogP contribution in [-0.4, -0.2) is 37.0 Å². The third-order valence-electron chi connectivity index (χ3n) is 6.27. The van der Waals surface area contributed by atoms with E-state index in [4.69, 9.17) is 4.74 Å². The van der Waals surface area contributed by atoms with E-state index in [1.807, 2.05) is 6.07 Å². The zero-order chi connectivity index (χ0) is 24.6. The largest absolute Gasteiger partial charge is 0.496 e. The molecule has 2 heterocycles. The Labute approximate surface area is 196 Å². The summed E-state index contributed by atoms with van der Waals surface area (Å²) in [6, 6.07) is 6.96. The first-order valence-electron chi connectivity index (χ1n) is 11.0. The van der Waals surface area contributed by atoms with Crippen molar-refractivity contribution >= 4 is 26.6 Å². The van der Waals surface area contributed by atoms with Crippen LogP contribution >= 0.6 is 0 Å². The van der Waals surface area contributed by atoms with Crippen LogP contribution in [0.1, 0.15) is 60.7 Å². The summed E-state index contributed by atoms with van der Waals surface area (Å²) in [5.74, 6) is 0.806. The Balaban J connectivity index is 1.75. The smallest absolute Gasteiger partial charge is 0.266 e. The predicted octanol–water partition coefficient (Wildman–Crippen LogP) is 5.49. The molecule has 0 bridgehead atoms. The number of hydrogen-bond acceptors (Lipinski definition) is 6. The zero-order valence-electron chi connectivity index (χ0n) is 19.1. The number of alkyl halides is 2.